The topological polar surface area (TPSA) is 102 Å². The first-order chi connectivity index (χ1) is 12.3. The van der Waals surface area contributed by atoms with E-state index in [1.807, 2.05) is 30.3 Å². The molecule has 9 heteroatoms. The summed E-state index contributed by atoms with van der Waals surface area (Å²) in [5.74, 6) is -2.76. The molecule has 0 radical (unpaired) electrons. The molecule has 0 aliphatic rings. The van der Waals surface area contributed by atoms with Crippen molar-refractivity contribution in [3.63, 3.8) is 0 Å². The van der Waals surface area contributed by atoms with Crippen molar-refractivity contribution < 1.29 is 31.2 Å². The minimum Gasteiger partial charge on any atom is -1.00 e. The number of nitrogens with one attached hydrogen (secondary N) is 1. The number of hydrogen-bond acceptors (Lipinski definition) is 5. The van der Waals surface area contributed by atoms with Crippen molar-refractivity contribution in [2.45, 2.75) is 39.3 Å². The molecule has 1 aromatic carbocycles. The molecule has 0 heterocycles. The number of aliphatic carboxylic acids is 1. The summed E-state index contributed by atoms with van der Waals surface area (Å²) in [6, 6.07) is 9.20. The van der Waals surface area contributed by atoms with Crippen LogP contribution in [0.15, 0.2) is 30.3 Å². The second-order valence-electron chi connectivity index (χ2n) is 6.00. The molecule has 2 N–H and O–H groups in total. The third kappa shape index (κ3) is 7.84. The van der Waals surface area contributed by atoms with Gasteiger partial charge in [-0.2, -0.15) is 0 Å². The summed E-state index contributed by atoms with van der Waals surface area (Å²) in [5.41, 5.74) is -0.260. The first-order valence-electron chi connectivity index (χ1n) is 8.71. The van der Waals surface area contributed by atoms with Crippen molar-refractivity contribution in [2.75, 3.05) is 19.8 Å². The predicted molar refractivity (Wildman–Crippen MR) is 107 cm³/mol. The van der Waals surface area contributed by atoms with E-state index in [1.165, 1.54) is 6.92 Å². The molecule has 0 bridgehead atoms. The molecule has 1 aromatic rings. The molecule has 1 rings (SSSR count). The van der Waals surface area contributed by atoms with E-state index in [2.05, 4.69) is 5.32 Å². The van der Waals surface area contributed by atoms with Gasteiger partial charge < -0.3 is 22.3 Å². The normalized spacial score (nSPS) is 14.5. The zero-order chi connectivity index (χ0) is 19.7. The summed E-state index contributed by atoms with van der Waals surface area (Å²) in [5, 5.41) is 11.6. The van der Waals surface area contributed by atoms with E-state index in [9.17, 15) is 14.2 Å². The van der Waals surface area contributed by atoms with E-state index in [-0.39, 0.29) is 60.4 Å². The third-order valence-corrected chi connectivity index (χ3v) is 6.63. The molecule has 0 aliphatic heterocycles. The van der Waals surface area contributed by atoms with Crippen LogP contribution in [-0.2, 0) is 23.2 Å². The number of rotatable bonds is 11. The van der Waals surface area contributed by atoms with E-state index in [0.29, 0.717) is 0 Å². The quantitative estimate of drug-likeness (QED) is 0.416. The molecule has 0 aromatic heterocycles. The van der Waals surface area contributed by atoms with E-state index >= 15 is 0 Å². The number of benzene rings is 1. The Kier molecular flexibility index (Phi) is 12.7. The van der Waals surface area contributed by atoms with Gasteiger partial charge in [-0.05, 0) is 19.4 Å². The average molecular weight is 427 g/mol. The Labute approximate surface area is 193 Å². The molecule has 0 aliphatic carbocycles. The van der Waals surface area contributed by atoms with E-state index in [4.69, 9.17) is 14.2 Å². The minimum absolute atomic E-state index is 0. The Hall–Kier alpha value is -0.430. The van der Waals surface area contributed by atoms with Gasteiger partial charge in [-0.1, -0.05) is 44.2 Å². The maximum absolute atomic E-state index is 13.3. The second kappa shape index (κ2) is 12.9. The van der Waals surface area contributed by atoms with Gasteiger partial charge >= 0.3 is 51.3 Å². The SMILES string of the molecule is CCOP(=O)(OCC)C(C(=O)NC[C@H](C)C(=O)O)C(C)c1ccccc1.[Ca+2].[H-].[H-]. The maximum atomic E-state index is 13.3. The summed E-state index contributed by atoms with van der Waals surface area (Å²) < 4.78 is 24.1. The zero-order valence-corrected chi connectivity index (χ0v) is 19.5. The van der Waals surface area contributed by atoms with Gasteiger partial charge in [0, 0.05) is 12.5 Å². The number of carbonyl (C=O) groups is 2. The Morgan fingerprint density at radius 3 is 2.11 bits per heavy atom. The fourth-order valence-corrected chi connectivity index (χ4v) is 4.80. The molecule has 150 valence electrons. The largest absolute Gasteiger partial charge is 2.00 e. The molecule has 27 heavy (non-hydrogen) atoms. The van der Waals surface area contributed by atoms with Crippen molar-refractivity contribution >= 4 is 57.2 Å². The summed E-state index contributed by atoms with van der Waals surface area (Å²) in [6.45, 7) is 6.83. The van der Waals surface area contributed by atoms with Gasteiger partial charge in [0.1, 0.15) is 5.66 Å². The molecule has 3 atom stereocenters. The first-order valence-corrected chi connectivity index (χ1v) is 10.3. The third-order valence-electron chi connectivity index (χ3n) is 4.03. The van der Waals surface area contributed by atoms with E-state index < -0.39 is 37.0 Å². The van der Waals surface area contributed by atoms with E-state index in [1.54, 1.807) is 20.8 Å². The van der Waals surface area contributed by atoms with Crippen LogP contribution in [0.5, 0.6) is 0 Å². The van der Waals surface area contributed by atoms with Crippen LogP contribution in [-0.4, -0.2) is 80.1 Å². The predicted octanol–water partition coefficient (Wildman–Crippen LogP) is 3.11. The molecule has 0 fully saturated rings. The fourth-order valence-electron chi connectivity index (χ4n) is 2.59. The molecule has 0 spiro atoms. The van der Waals surface area contributed by atoms with Gasteiger partial charge in [0.2, 0.25) is 5.91 Å². The minimum atomic E-state index is -3.75. The summed E-state index contributed by atoms with van der Waals surface area (Å²) in [7, 11) is -3.75. The summed E-state index contributed by atoms with van der Waals surface area (Å²) in [4.78, 5) is 23.8. The molecular weight excluding hydrogens is 397 g/mol. The van der Waals surface area contributed by atoms with Gasteiger partial charge in [-0.25, -0.2) is 0 Å². The maximum Gasteiger partial charge on any atom is 2.00 e. The zero-order valence-electron chi connectivity index (χ0n) is 18.4. The van der Waals surface area contributed by atoms with Gasteiger partial charge in [-0.15, -0.1) is 0 Å². The molecule has 7 nitrogen and oxygen atoms in total. The Bertz CT molecular complexity index is 642. The Morgan fingerprint density at radius 2 is 1.67 bits per heavy atom. The second-order valence-corrected chi connectivity index (χ2v) is 8.16. The van der Waals surface area contributed by atoms with E-state index in [0.717, 1.165) is 5.56 Å². The summed E-state index contributed by atoms with van der Waals surface area (Å²) in [6.07, 6.45) is 0. The number of carbonyl (C=O) groups excluding carboxylic acids is 1. The number of carboxylic acid groups (broad SMARTS) is 1. The molecule has 2 unspecified atom stereocenters. The molecule has 0 saturated heterocycles. The van der Waals surface area contributed by atoms with Crippen LogP contribution in [0.4, 0.5) is 0 Å². The van der Waals surface area contributed by atoms with Crippen molar-refractivity contribution in [2.24, 2.45) is 5.92 Å². The fraction of sp³-hybridized carbons (Fsp3) is 0.556. The van der Waals surface area contributed by atoms with Crippen LogP contribution in [0, 0.1) is 5.92 Å². The molecular formula is C18H30CaNO6P. The first kappa shape index (κ1) is 26.6. The standard InChI is InChI=1S/C18H28NO6P.Ca.2H/c1-5-24-26(23,25-6-2)16(14(4)15-10-8-7-9-11-15)17(20)19-12-13(3)18(21)22;;;/h7-11,13-14,16H,5-6,12H2,1-4H3,(H,19,20)(H,21,22);;;/q;+2;2*-1/t13-,14?,16?;;;/m0.../s1. The average Bonchev–Trinajstić information content (AvgIpc) is 2.60. The van der Waals surface area contributed by atoms with Gasteiger partial charge in [-0.3, -0.25) is 14.2 Å². The smallest absolute Gasteiger partial charge is 1.00 e. The number of hydrogen-bond donors (Lipinski definition) is 2. The Balaban J connectivity index is -0.00000225. The van der Waals surface area contributed by atoms with Crippen molar-refractivity contribution in [1.82, 2.24) is 5.32 Å². The van der Waals surface area contributed by atoms with Crippen molar-refractivity contribution in [3.8, 4) is 0 Å². The number of carboxylic acids is 1. The summed E-state index contributed by atoms with van der Waals surface area (Å²) >= 11 is 0. The van der Waals surface area contributed by atoms with Gasteiger partial charge in [0.05, 0.1) is 19.1 Å². The Morgan fingerprint density at radius 1 is 1.15 bits per heavy atom. The van der Waals surface area contributed by atoms with Gasteiger partial charge in [0.15, 0.2) is 0 Å². The molecule has 0 saturated carbocycles. The van der Waals surface area contributed by atoms with Crippen LogP contribution in [0.25, 0.3) is 0 Å². The van der Waals surface area contributed by atoms with Crippen LogP contribution in [0.2, 0.25) is 0 Å². The monoisotopic (exact) mass is 427 g/mol. The molecule has 1 amide bonds. The van der Waals surface area contributed by atoms with Gasteiger partial charge in [0.25, 0.3) is 0 Å². The van der Waals surface area contributed by atoms with Crippen LogP contribution < -0.4 is 5.32 Å². The van der Waals surface area contributed by atoms with Crippen LogP contribution >= 0.6 is 7.60 Å². The van der Waals surface area contributed by atoms with Crippen molar-refractivity contribution in [3.05, 3.63) is 35.9 Å². The van der Waals surface area contributed by atoms with Crippen molar-refractivity contribution in [1.29, 1.82) is 0 Å². The van der Waals surface area contributed by atoms with Crippen LogP contribution in [0.3, 0.4) is 0 Å². The van der Waals surface area contributed by atoms with Crippen LogP contribution in [0.1, 0.15) is 42.0 Å². The number of amides is 1.